The highest BCUT2D eigenvalue weighted by Gasteiger charge is 2.12. The Morgan fingerprint density at radius 3 is 2.75 bits per heavy atom. The molecule has 110 valence electrons. The van der Waals surface area contributed by atoms with Gasteiger partial charge in [0.15, 0.2) is 0 Å². The van der Waals surface area contributed by atoms with Crippen molar-refractivity contribution in [2.45, 2.75) is 46.1 Å². The number of fused-ring (bicyclic) bond motifs is 1. The molecule has 0 amide bonds. The lowest BCUT2D eigenvalue weighted by molar-refractivity contribution is 0.435. The van der Waals surface area contributed by atoms with Crippen molar-refractivity contribution in [2.75, 3.05) is 6.54 Å². The van der Waals surface area contributed by atoms with Gasteiger partial charge in [-0.15, -0.1) is 0 Å². The maximum absolute atomic E-state index is 6.05. The molecule has 1 atom stereocenters. The Bertz CT molecular complexity index is 562. The van der Waals surface area contributed by atoms with Gasteiger partial charge in [0.05, 0.1) is 11.0 Å². The molecule has 3 nitrogen and oxygen atoms in total. The van der Waals surface area contributed by atoms with Crippen LogP contribution in [0.5, 0.6) is 0 Å². The van der Waals surface area contributed by atoms with Gasteiger partial charge in [-0.3, -0.25) is 0 Å². The molecule has 0 aliphatic heterocycles. The highest BCUT2D eigenvalue weighted by molar-refractivity contribution is 6.31. The minimum Gasteiger partial charge on any atom is -0.330 e. The summed E-state index contributed by atoms with van der Waals surface area (Å²) in [5.41, 5.74) is 7.85. The highest BCUT2D eigenvalue weighted by atomic mass is 35.5. The minimum atomic E-state index is 0.703. The van der Waals surface area contributed by atoms with Crippen molar-refractivity contribution in [1.29, 1.82) is 0 Å². The predicted molar refractivity (Wildman–Crippen MR) is 86.2 cm³/mol. The first-order valence-electron chi connectivity index (χ1n) is 7.54. The molecule has 2 rings (SSSR count). The van der Waals surface area contributed by atoms with Crippen LogP contribution in [0.15, 0.2) is 18.2 Å². The predicted octanol–water partition coefficient (Wildman–Crippen LogP) is 4.02. The molecule has 1 aromatic heterocycles. The molecule has 1 aromatic carbocycles. The van der Waals surface area contributed by atoms with Crippen LogP contribution in [0.3, 0.4) is 0 Å². The smallest absolute Gasteiger partial charge is 0.109 e. The second-order valence-corrected chi connectivity index (χ2v) is 5.73. The lowest BCUT2D eigenvalue weighted by Crippen LogP contribution is -2.10. The number of imidazole rings is 1. The quantitative estimate of drug-likeness (QED) is 0.838. The van der Waals surface area contributed by atoms with E-state index in [0.717, 1.165) is 42.9 Å². The van der Waals surface area contributed by atoms with Crippen LogP contribution in [0.2, 0.25) is 5.02 Å². The molecule has 1 unspecified atom stereocenters. The van der Waals surface area contributed by atoms with Crippen molar-refractivity contribution < 1.29 is 0 Å². The molecular weight excluding hydrogens is 270 g/mol. The maximum atomic E-state index is 6.05. The molecule has 4 heteroatoms. The van der Waals surface area contributed by atoms with Gasteiger partial charge in [-0.1, -0.05) is 24.9 Å². The van der Waals surface area contributed by atoms with E-state index in [1.165, 1.54) is 17.8 Å². The van der Waals surface area contributed by atoms with E-state index in [4.69, 9.17) is 22.3 Å². The second-order valence-electron chi connectivity index (χ2n) is 5.30. The third kappa shape index (κ3) is 3.33. The monoisotopic (exact) mass is 293 g/mol. The van der Waals surface area contributed by atoms with Crippen molar-refractivity contribution >= 4 is 22.6 Å². The van der Waals surface area contributed by atoms with Gasteiger partial charge >= 0.3 is 0 Å². The molecule has 0 spiro atoms. The van der Waals surface area contributed by atoms with Crippen LogP contribution >= 0.6 is 11.6 Å². The van der Waals surface area contributed by atoms with Gasteiger partial charge < -0.3 is 10.3 Å². The summed E-state index contributed by atoms with van der Waals surface area (Å²) in [5.74, 6) is 1.87. The van der Waals surface area contributed by atoms with Gasteiger partial charge in [-0.25, -0.2) is 4.98 Å². The molecule has 1 heterocycles. The zero-order valence-corrected chi connectivity index (χ0v) is 13.2. The van der Waals surface area contributed by atoms with Gasteiger partial charge in [0, 0.05) is 18.0 Å². The molecule has 2 N–H and O–H groups in total. The maximum Gasteiger partial charge on any atom is 0.109 e. The number of hydrogen-bond donors (Lipinski definition) is 1. The number of nitrogens with zero attached hydrogens (tertiary/aromatic N) is 2. The van der Waals surface area contributed by atoms with Crippen LogP contribution in [0.1, 0.15) is 38.9 Å². The van der Waals surface area contributed by atoms with Crippen LogP contribution in [-0.4, -0.2) is 16.1 Å². The van der Waals surface area contributed by atoms with E-state index in [1.54, 1.807) is 0 Å². The first kappa shape index (κ1) is 15.3. The average Bonchev–Trinajstić information content (AvgIpc) is 2.79. The summed E-state index contributed by atoms with van der Waals surface area (Å²) >= 11 is 6.05. The third-order valence-electron chi connectivity index (χ3n) is 4.03. The average molecular weight is 294 g/mol. The van der Waals surface area contributed by atoms with Gasteiger partial charge in [-0.2, -0.15) is 0 Å². The summed E-state index contributed by atoms with van der Waals surface area (Å²) in [7, 11) is 0. The summed E-state index contributed by atoms with van der Waals surface area (Å²) in [4.78, 5) is 4.76. The summed E-state index contributed by atoms with van der Waals surface area (Å²) in [6.07, 6.45) is 4.47. The number of halogens is 1. The summed E-state index contributed by atoms with van der Waals surface area (Å²) in [6.45, 7) is 6.12. The van der Waals surface area contributed by atoms with Crippen molar-refractivity contribution in [2.24, 2.45) is 11.7 Å². The number of nitrogens with two attached hydrogens (primary N) is 1. The fourth-order valence-electron chi connectivity index (χ4n) is 2.82. The first-order chi connectivity index (χ1) is 9.69. The lowest BCUT2D eigenvalue weighted by Gasteiger charge is -2.13. The van der Waals surface area contributed by atoms with Crippen molar-refractivity contribution in [3.05, 3.63) is 29.0 Å². The Hall–Kier alpha value is -1.06. The zero-order chi connectivity index (χ0) is 14.5. The van der Waals surface area contributed by atoms with Crippen molar-refractivity contribution in [3.63, 3.8) is 0 Å². The fourth-order valence-corrected chi connectivity index (χ4v) is 2.98. The molecular formula is C16H24ClN3. The summed E-state index contributed by atoms with van der Waals surface area (Å²) in [5, 5.41) is 0.749. The molecule has 0 radical (unpaired) electrons. The topological polar surface area (TPSA) is 43.8 Å². The third-order valence-corrected chi connectivity index (χ3v) is 4.27. The van der Waals surface area contributed by atoms with Crippen LogP contribution in [0.25, 0.3) is 11.0 Å². The largest absolute Gasteiger partial charge is 0.330 e. The van der Waals surface area contributed by atoms with Crippen LogP contribution in [0, 0.1) is 5.92 Å². The molecule has 2 aromatic rings. The van der Waals surface area contributed by atoms with Crippen LogP contribution < -0.4 is 5.73 Å². The molecule has 0 fully saturated rings. The number of hydrogen-bond acceptors (Lipinski definition) is 2. The van der Waals surface area contributed by atoms with E-state index in [-0.39, 0.29) is 0 Å². The normalized spacial score (nSPS) is 13.0. The number of benzene rings is 1. The Morgan fingerprint density at radius 1 is 1.30 bits per heavy atom. The Morgan fingerprint density at radius 2 is 2.10 bits per heavy atom. The number of aryl methyl sites for hydroxylation is 2. The zero-order valence-electron chi connectivity index (χ0n) is 12.4. The second kappa shape index (κ2) is 7.09. The number of rotatable bonds is 7. The van der Waals surface area contributed by atoms with E-state index in [1.807, 2.05) is 12.1 Å². The van der Waals surface area contributed by atoms with Crippen LogP contribution in [-0.2, 0) is 13.0 Å². The molecule has 0 aliphatic rings. The summed E-state index contributed by atoms with van der Waals surface area (Å²) in [6, 6.07) is 5.95. The molecule has 0 saturated heterocycles. The van der Waals surface area contributed by atoms with Gasteiger partial charge in [0.25, 0.3) is 0 Å². The van der Waals surface area contributed by atoms with Crippen molar-refractivity contribution in [1.82, 2.24) is 9.55 Å². The first-order valence-corrected chi connectivity index (χ1v) is 7.92. The molecule has 0 bridgehead atoms. The molecule has 0 saturated carbocycles. The standard InChI is InChI=1S/C16H24ClN3/c1-3-12(9-10-18)5-8-16-19-14-11-13(17)6-7-15(14)20(16)4-2/h6-7,11-12H,3-5,8-10,18H2,1-2H3. The van der Waals surface area contributed by atoms with Gasteiger partial charge in [0.1, 0.15) is 5.82 Å². The van der Waals surface area contributed by atoms with Gasteiger partial charge in [0.2, 0.25) is 0 Å². The highest BCUT2D eigenvalue weighted by Crippen LogP contribution is 2.23. The van der Waals surface area contributed by atoms with E-state index in [2.05, 4.69) is 24.5 Å². The molecule has 0 aliphatic carbocycles. The Kier molecular flexibility index (Phi) is 5.44. The van der Waals surface area contributed by atoms with Gasteiger partial charge in [-0.05, 0) is 50.4 Å². The van der Waals surface area contributed by atoms with E-state index < -0.39 is 0 Å². The lowest BCUT2D eigenvalue weighted by atomic mass is 9.96. The number of aromatic nitrogens is 2. The Balaban J connectivity index is 2.20. The minimum absolute atomic E-state index is 0.703. The van der Waals surface area contributed by atoms with E-state index in [9.17, 15) is 0 Å². The summed E-state index contributed by atoms with van der Waals surface area (Å²) < 4.78 is 2.29. The Labute approximate surface area is 126 Å². The molecule has 20 heavy (non-hydrogen) atoms. The fraction of sp³-hybridized carbons (Fsp3) is 0.562. The SMILES string of the molecule is CCC(CCN)CCc1nc2cc(Cl)ccc2n1CC. The van der Waals surface area contributed by atoms with Crippen molar-refractivity contribution in [3.8, 4) is 0 Å². The van der Waals surface area contributed by atoms with Crippen LogP contribution in [0.4, 0.5) is 0 Å². The van der Waals surface area contributed by atoms with E-state index in [0.29, 0.717) is 5.92 Å². The van der Waals surface area contributed by atoms with E-state index >= 15 is 0 Å².